The van der Waals surface area contributed by atoms with Gasteiger partial charge in [-0.15, -0.1) is 0 Å². The number of nitrogens with zero attached hydrogens (tertiary/aromatic N) is 1. The van der Waals surface area contributed by atoms with E-state index >= 15 is 0 Å². The molecule has 0 saturated carbocycles. The third-order valence-corrected chi connectivity index (χ3v) is 3.26. The van der Waals surface area contributed by atoms with Gasteiger partial charge in [-0.05, 0) is 13.3 Å². The molecule has 2 aliphatic rings. The number of ether oxygens (including phenoxy) is 3. The summed E-state index contributed by atoms with van der Waals surface area (Å²) in [4.78, 5) is 4.60. The number of nitrogens with one attached hydrogen (secondary N) is 2. The molecule has 2 saturated heterocycles. The molecule has 6 nitrogen and oxygen atoms in total. The quantitative estimate of drug-likeness (QED) is 0.544. The number of aliphatic imine (C=N–C) groups is 1. The maximum absolute atomic E-state index is 5.59. The Morgan fingerprint density at radius 3 is 2.74 bits per heavy atom. The molecule has 0 aromatic carbocycles. The van der Waals surface area contributed by atoms with Crippen molar-refractivity contribution in [1.82, 2.24) is 10.6 Å². The van der Waals surface area contributed by atoms with Crippen molar-refractivity contribution in [3.05, 3.63) is 0 Å². The normalized spacial score (nSPS) is 28.4. The van der Waals surface area contributed by atoms with Gasteiger partial charge < -0.3 is 24.8 Å². The molecule has 0 radical (unpaired) electrons. The van der Waals surface area contributed by atoms with Gasteiger partial charge in [-0.2, -0.15) is 0 Å². The van der Waals surface area contributed by atoms with E-state index in [2.05, 4.69) is 22.5 Å². The molecule has 2 unspecified atom stereocenters. The molecule has 19 heavy (non-hydrogen) atoms. The Hall–Kier alpha value is -0.850. The summed E-state index contributed by atoms with van der Waals surface area (Å²) in [5.41, 5.74) is 0. The van der Waals surface area contributed by atoms with Crippen LogP contribution in [0.2, 0.25) is 0 Å². The summed E-state index contributed by atoms with van der Waals surface area (Å²) in [5, 5.41) is 6.56. The zero-order chi connectivity index (χ0) is 13.3. The zero-order valence-electron chi connectivity index (χ0n) is 11.7. The summed E-state index contributed by atoms with van der Waals surface area (Å²) in [6.45, 7) is 8.21. The second-order valence-corrected chi connectivity index (χ2v) is 4.90. The van der Waals surface area contributed by atoms with Gasteiger partial charge in [-0.3, -0.25) is 4.99 Å². The first-order valence-electron chi connectivity index (χ1n) is 7.17. The summed E-state index contributed by atoms with van der Waals surface area (Å²) in [7, 11) is 0. The average Bonchev–Trinajstić information content (AvgIpc) is 2.96. The highest BCUT2D eigenvalue weighted by Crippen LogP contribution is 2.11. The van der Waals surface area contributed by atoms with Crippen molar-refractivity contribution in [3.63, 3.8) is 0 Å². The van der Waals surface area contributed by atoms with Crippen LogP contribution >= 0.6 is 0 Å². The Kier molecular flexibility index (Phi) is 6.39. The van der Waals surface area contributed by atoms with Gasteiger partial charge in [0.15, 0.2) is 5.96 Å². The van der Waals surface area contributed by atoms with Crippen molar-refractivity contribution in [2.24, 2.45) is 10.9 Å². The van der Waals surface area contributed by atoms with Gasteiger partial charge in [0, 0.05) is 32.2 Å². The van der Waals surface area contributed by atoms with Crippen LogP contribution in [0.5, 0.6) is 0 Å². The van der Waals surface area contributed by atoms with Gasteiger partial charge >= 0.3 is 0 Å². The summed E-state index contributed by atoms with van der Waals surface area (Å²) in [5.74, 6) is 1.41. The lowest BCUT2D eigenvalue weighted by atomic mass is 10.1. The van der Waals surface area contributed by atoms with E-state index in [-0.39, 0.29) is 6.10 Å². The third-order valence-electron chi connectivity index (χ3n) is 3.26. The van der Waals surface area contributed by atoms with Crippen molar-refractivity contribution in [2.75, 3.05) is 52.7 Å². The molecule has 0 aromatic rings. The first-order valence-corrected chi connectivity index (χ1v) is 7.17. The van der Waals surface area contributed by atoms with Crippen molar-refractivity contribution in [1.29, 1.82) is 0 Å². The Balaban J connectivity index is 1.72. The molecule has 2 rings (SSSR count). The van der Waals surface area contributed by atoms with Crippen LogP contribution < -0.4 is 10.6 Å². The molecule has 2 aliphatic heterocycles. The van der Waals surface area contributed by atoms with E-state index < -0.39 is 0 Å². The lowest BCUT2D eigenvalue weighted by molar-refractivity contribution is -0.0850. The lowest BCUT2D eigenvalue weighted by Crippen LogP contribution is -2.44. The van der Waals surface area contributed by atoms with Crippen LogP contribution in [0.3, 0.4) is 0 Å². The van der Waals surface area contributed by atoms with Crippen LogP contribution in [0.25, 0.3) is 0 Å². The van der Waals surface area contributed by atoms with Gasteiger partial charge in [0.05, 0.1) is 32.5 Å². The van der Waals surface area contributed by atoms with E-state index in [1.54, 1.807) is 0 Å². The maximum Gasteiger partial charge on any atom is 0.191 e. The first-order chi connectivity index (χ1) is 9.38. The molecule has 0 bridgehead atoms. The predicted molar refractivity (Wildman–Crippen MR) is 73.5 cm³/mol. The average molecular weight is 271 g/mol. The predicted octanol–water partition coefficient (Wildman–Crippen LogP) is -0.00660. The lowest BCUT2D eigenvalue weighted by Gasteiger charge is -2.24. The summed E-state index contributed by atoms with van der Waals surface area (Å²) >= 11 is 0. The molecule has 6 heteroatoms. The van der Waals surface area contributed by atoms with E-state index in [1.807, 2.05) is 0 Å². The topological polar surface area (TPSA) is 64.1 Å². The molecule has 2 N–H and O–H groups in total. The number of hydrogen-bond acceptors (Lipinski definition) is 4. The van der Waals surface area contributed by atoms with Gasteiger partial charge in [0.2, 0.25) is 0 Å². The minimum Gasteiger partial charge on any atom is -0.381 e. The highest BCUT2D eigenvalue weighted by molar-refractivity contribution is 5.79. The first kappa shape index (κ1) is 14.6. The fourth-order valence-electron chi connectivity index (χ4n) is 2.15. The van der Waals surface area contributed by atoms with Gasteiger partial charge in [-0.25, -0.2) is 0 Å². The fourth-order valence-corrected chi connectivity index (χ4v) is 2.15. The van der Waals surface area contributed by atoms with Crippen molar-refractivity contribution < 1.29 is 14.2 Å². The molecule has 0 spiro atoms. The van der Waals surface area contributed by atoms with Gasteiger partial charge in [0.25, 0.3) is 0 Å². The summed E-state index contributed by atoms with van der Waals surface area (Å²) in [6, 6.07) is 0. The van der Waals surface area contributed by atoms with Crippen LogP contribution in [0.4, 0.5) is 0 Å². The number of rotatable bonds is 5. The van der Waals surface area contributed by atoms with Crippen molar-refractivity contribution in [3.8, 4) is 0 Å². The molecule has 2 heterocycles. The highest BCUT2D eigenvalue weighted by atomic mass is 16.6. The highest BCUT2D eigenvalue weighted by Gasteiger charge is 2.16. The summed E-state index contributed by atoms with van der Waals surface area (Å²) < 4.78 is 16.3. The Bertz CT molecular complexity index is 274. The fraction of sp³-hybridized carbons (Fsp3) is 0.923. The van der Waals surface area contributed by atoms with Crippen molar-refractivity contribution in [2.45, 2.75) is 19.4 Å². The Labute approximate surface area is 114 Å². The SMILES string of the molecule is CCNC(=NCC1CCOC1)NCC1COCCO1. The Morgan fingerprint density at radius 1 is 1.16 bits per heavy atom. The van der Waals surface area contributed by atoms with Crippen molar-refractivity contribution >= 4 is 5.96 Å². The monoisotopic (exact) mass is 271 g/mol. The van der Waals surface area contributed by atoms with Crippen LogP contribution in [-0.2, 0) is 14.2 Å². The number of hydrogen-bond donors (Lipinski definition) is 2. The molecule has 110 valence electrons. The smallest absolute Gasteiger partial charge is 0.191 e. The van der Waals surface area contributed by atoms with Crippen LogP contribution in [0.1, 0.15) is 13.3 Å². The van der Waals surface area contributed by atoms with E-state index in [0.29, 0.717) is 25.7 Å². The van der Waals surface area contributed by atoms with E-state index in [9.17, 15) is 0 Å². The van der Waals surface area contributed by atoms with E-state index in [1.165, 1.54) is 0 Å². The largest absolute Gasteiger partial charge is 0.381 e. The molecular weight excluding hydrogens is 246 g/mol. The van der Waals surface area contributed by atoms with Crippen LogP contribution in [-0.4, -0.2) is 64.7 Å². The molecule has 2 atom stereocenters. The standard InChI is InChI=1S/C13H25N3O3/c1-2-14-13(15-7-11-3-4-17-9-11)16-8-12-10-18-5-6-19-12/h11-12H,2-10H2,1H3,(H2,14,15,16). The second-order valence-electron chi connectivity index (χ2n) is 4.90. The third kappa shape index (κ3) is 5.34. The van der Waals surface area contributed by atoms with E-state index in [4.69, 9.17) is 14.2 Å². The molecular formula is C13H25N3O3. The molecule has 2 fully saturated rings. The number of guanidine groups is 1. The van der Waals surface area contributed by atoms with Crippen LogP contribution in [0.15, 0.2) is 4.99 Å². The zero-order valence-corrected chi connectivity index (χ0v) is 11.7. The molecule has 0 amide bonds. The maximum atomic E-state index is 5.59. The molecule has 0 aromatic heterocycles. The van der Waals surface area contributed by atoms with E-state index in [0.717, 1.165) is 45.2 Å². The van der Waals surface area contributed by atoms with Gasteiger partial charge in [-0.1, -0.05) is 0 Å². The minimum atomic E-state index is 0.118. The summed E-state index contributed by atoms with van der Waals surface area (Å²) in [6.07, 6.45) is 1.23. The molecule has 0 aliphatic carbocycles. The Morgan fingerprint density at radius 2 is 2.05 bits per heavy atom. The minimum absolute atomic E-state index is 0.118. The second kappa shape index (κ2) is 8.35. The van der Waals surface area contributed by atoms with Crippen LogP contribution in [0, 0.1) is 5.92 Å². The van der Waals surface area contributed by atoms with Gasteiger partial charge in [0.1, 0.15) is 0 Å².